The van der Waals surface area contributed by atoms with Crippen molar-refractivity contribution in [3.63, 3.8) is 0 Å². The number of carboxylic acids is 1. The molecule has 2 aromatic rings. The SMILES string of the molecule is O=C(NCCc1nccs1)Nc1ccc(C(=O)O)cc1O. The molecule has 110 valence electrons. The number of rotatable bonds is 5. The number of anilines is 1. The maximum absolute atomic E-state index is 11.6. The van der Waals surface area contributed by atoms with E-state index in [1.54, 1.807) is 6.20 Å². The van der Waals surface area contributed by atoms with Crippen molar-refractivity contribution in [3.8, 4) is 5.75 Å². The number of amides is 2. The first-order valence-electron chi connectivity index (χ1n) is 6.06. The lowest BCUT2D eigenvalue weighted by molar-refractivity contribution is 0.0696. The lowest BCUT2D eigenvalue weighted by Crippen LogP contribution is -2.30. The van der Waals surface area contributed by atoms with Crippen molar-refractivity contribution in [1.82, 2.24) is 10.3 Å². The molecule has 0 aliphatic rings. The van der Waals surface area contributed by atoms with Crippen LogP contribution in [0.4, 0.5) is 10.5 Å². The Labute approximate surface area is 124 Å². The van der Waals surface area contributed by atoms with Gasteiger partial charge in [-0.2, -0.15) is 0 Å². The number of nitrogens with one attached hydrogen (secondary N) is 2. The summed E-state index contributed by atoms with van der Waals surface area (Å²) in [6.07, 6.45) is 2.32. The summed E-state index contributed by atoms with van der Waals surface area (Å²) in [6.45, 7) is 0.410. The fourth-order valence-corrected chi connectivity index (χ4v) is 2.22. The average molecular weight is 307 g/mol. The normalized spacial score (nSPS) is 10.1. The first-order chi connectivity index (χ1) is 10.1. The maximum atomic E-state index is 11.6. The Morgan fingerprint density at radius 2 is 2.14 bits per heavy atom. The summed E-state index contributed by atoms with van der Waals surface area (Å²) in [5, 5.41) is 26.3. The summed E-state index contributed by atoms with van der Waals surface area (Å²) in [5.41, 5.74) is 0.0916. The summed E-state index contributed by atoms with van der Waals surface area (Å²) in [6, 6.07) is 3.23. The van der Waals surface area contributed by atoms with Gasteiger partial charge in [-0.1, -0.05) is 0 Å². The van der Waals surface area contributed by atoms with Gasteiger partial charge in [-0.05, 0) is 18.2 Å². The second-order valence-corrected chi connectivity index (χ2v) is 5.07. The Balaban J connectivity index is 1.86. The molecule has 0 spiro atoms. The third-order valence-electron chi connectivity index (χ3n) is 2.60. The lowest BCUT2D eigenvalue weighted by Gasteiger charge is -2.09. The Bertz CT molecular complexity index is 643. The number of urea groups is 1. The minimum absolute atomic E-state index is 0.0535. The van der Waals surface area contributed by atoms with E-state index >= 15 is 0 Å². The quantitative estimate of drug-likeness (QED) is 0.630. The third kappa shape index (κ3) is 4.18. The fourth-order valence-electron chi connectivity index (χ4n) is 1.60. The zero-order valence-corrected chi connectivity index (χ0v) is 11.7. The molecule has 4 N–H and O–H groups in total. The van der Waals surface area contributed by atoms with E-state index in [1.807, 2.05) is 5.38 Å². The minimum Gasteiger partial charge on any atom is -0.506 e. The van der Waals surface area contributed by atoms with Gasteiger partial charge >= 0.3 is 12.0 Å². The van der Waals surface area contributed by atoms with Crippen LogP contribution in [0.25, 0.3) is 0 Å². The van der Waals surface area contributed by atoms with E-state index in [4.69, 9.17) is 5.11 Å². The molecule has 2 rings (SSSR count). The zero-order chi connectivity index (χ0) is 15.2. The number of thiazole rings is 1. The third-order valence-corrected chi connectivity index (χ3v) is 3.44. The van der Waals surface area contributed by atoms with E-state index in [1.165, 1.54) is 23.5 Å². The molecule has 1 aromatic heterocycles. The maximum Gasteiger partial charge on any atom is 0.335 e. The zero-order valence-electron chi connectivity index (χ0n) is 10.9. The van der Waals surface area contributed by atoms with Crippen LogP contribution < -0.4 is 10.6 Å². The number of carbonyl (C=O) groups is 2. The lowest BCUT2D eigenvalue weighted by atomic mass is 10.2. The van der Waals surface area contributed by atoms with Crippen molar-refractivity contribution in [3.05, 3.63) is 40.3 Å². The molecule has 7 nitrogen and oxygen atoms in total. The Hall–Kier alpha value is -2.61. The topological polar surface area (TPSA) is 112 Å². The van der Waals surface area contributed by atoms with E-state index in [2.05, 4.69) is 15.6 Å². The number of aromatic carboxylic acids is 1. The van der Waals surface area contributed by atoms with Crippen LogP contribution in [-0.4, -0.2) is 33.7 Å². The molecule has 0 saturated heterocycles. The molecule has 8 heteroatoms. The predicted octanol–water partition coefficient (Wildman–Crippen LogP) is 1.91. The number of phenolic OH excluding ortho intramolecular Hbond substituents is 1. The molecule has 0 aliphatic heterocycles. The number of aromatic nitrogens is 1. The Morgan fingerprint density at radius 1 is 1.33 bits per heavy atom. The van der Waals surface area contributed by atoms with Crippen LogP contribution in [-0.2, 0) is 6.42 Å². The largest absolute Gasteiger partial charge is 0.506 e. The number of aromatic hydroxyl groups is 1. The highest BCUT2D eigenvalue weighted by Gasteiger charge is 2.10. The van der Waals surface area contributed by atoms with Crippen LogP contribution in [0.15, 0.2) is 29.8 Å². The number of nitrogens with zero attached hydrogens (tertiary/aromatic N) is 1. The predicted molar refractivity (Wildman–Crippen MR) is 77.9 cm³/mol. The van der Waals surface area contributed by atoms with E-state index in [-0.39, 0.29) is 17.0 Å². The van der Waals surface area contributed by atoms with Crippen molar-refractivity contribution in [2.45, 2.75) is 6.42 Å². The Morgan fingerprint density at radius 3 is 2.76 bits per heavy atom. The number of hydrogen-bond acceptors (Lipinski definition) is 5. The molecule has 0 unspecified atom stereocenters. The van der Waals surface area contributed by atoms with Crippen LogP contribution in [0.5, 0.6) is 5.75 Å². The summed E-state index contributed by atoms with van der Waals surface area (Å²) in [5.74, 6) is -1.45. The van der Waals surface area contributed by atoms with E-state index < -0.39 is 12.0 Å². The van der Waals surface area contributed by atoms with Gasteiger partial charge in [0, 0.05) is 24.5 Å². The van der Waals surface area contributed by atoms with Gasteiger partial charge in [0.05, 0.1) is 16.3 Å². The molecule has 0 atom stereocenters. The monoisotopic (exact) mass is 307 g/mol. The molecular weight excluding hydrogens is 294 g/mol. The Kier molecular flexibility index (Phi) is 4.72. The average Bonchev–Trinajstić information content (AvgIpc) is 2.94. The van der Waals surface area contributed by atoms with Gasteiger partial charge in [-0.15, -0.1) is 11.3 Å². The van der Waals surface area contributed by atoms with Crippen molar-refractivity contribution < 1.29 is 19.8 Å². The van der Waals surface area contributed by atoms with Gasteiger partial charge < -0.3 is 20.8 Å². The highest BCUT2D eigenvalue weighted by atomic mass is 32.1. The first kappa shape index (κ1) is 14.8. The molecule has 1 heterocycles. The van der Waals surface area contributed by atoms with Gasteiger partial charge in [0.15, 0.2) is 0 Å². The highest BCUT2D eigenvalue weighted by molar-refractivity contribution is 7.09. The summed E-state index contributed by atoms with van der Waals surface area (Å²) in [4.78, 5) is 26.5. The minimum atomic E-state index is -1.15. The first-order valence-corrected chi connectivity index (χ1v) is 6.94. The fraction of sp³-hybridized carbons (Fsp3) is 0.154. The smallest absolute Gasteiger partial charge is 0.335 e. The highest BCUT2D eigenvalue weighted by Crippen LogP contribution is 2.24. The molecule has 0 aliphatic carbocycles. The molecule has 0 bridgehead atoms. The number of carboxylic acid groups (broad SMARTS) is 1. The number of phenols is 1. The molecule has 21 heavy (non-hydrogen) atoms. The second-order valence-electron chi connectivity index (χ2n) is 4.09. The van der Waals surface area contributed by atoms with Crippen molar-refractivity contribution in [1.29, 1.82) is 0 Å². The van der Waals surface area contributed by atoms with Gasteiger partial charge in [0.2, 0.25) is 0 Å². The van der Waals surface area contributed by atoms with E-state index in [0.29, 0.717) is 13.0 Å². The summed E-state index contributed by atoms with van der Waals surface area (Å²) in [7, 11) is 0. The molecule has 0 fully saturated rings. The number of carbonyl (C=O) groups excluding carboxylic acids is 1. The van der Waals surface area contributed by atoms with Crippen LogP contribution in [0.1, 0.15) is 15.4 Å². The van der Waals surface area contributed by atoms with Gasteiger partial charge in [0.25, 0.3) is 0 Å². The second kappa shape index (κ2) is 6.71. The standard InChI is InChI=1S/C13H13N3O4S/c17-10-7-8(12(18)19)1-2-9(10)16-13(20)15-4-3-11-14-5-6-21-11/h1-2,5-7,17H,3-4H2,(H,18,19)(H2,15,16,20). The number of hydrogen-bond donors (Lipinski definition) is 4. The summed E-state index contributed by atoms with van der Waals surface area (Å²) >= 11 is 1.51. The van der Waals surface area contributed by atoms with Gasteiger partial charge in [-0.3, -0.25) is 0 Å². The number of benzene rings is 1. The van der Waals surface area contributed by atoms with Gasteiger partial charge in [-0.25, -0.2) is 14.6 Å². The summed E-state index contributed by atoms with van der Waals surface area (Å²) < 4.78 is 0. The van der Waals surface area contributed by atoms with Crippen molar-refractivity contribution >= 4 is 29.0 Å². The van der Waals surface area contributed by atoms with Crippen molar-refractivity contribution in [2.24, 2.45) is 0 Å². The van der Waals surface area contributed by atoms with Gasteiger partial charge in [0.1, 0.15) is 5.75 Å². The van der Waals surface area contributed by atoms with Crippen molar-refractivity contribution in [2.75, 3.05) is 11.9 Å². The molecule has 1 aromatic carbocycles. The molecule has 0 radical (unpaired) electrons. The van der Waals surface area contributed by atoms with E-state index in [9.17, 15) is 14.7 Å². The van der Waals surface area contributed by atoms with Crippen LogP contribution in [0.2, 0.25) is 0 Å². The van der Waals surface area contributed by atoms with Crippen LogP contribution in [0, 0.1) is 0 Å². The van der Waals surface area contributed by atoms with Crippen LogP contribution in [0.3, 0.4) is 0 Å². The molecule has 2 amide bonds. The van der Waals surface area contributed by atoms with E-state index in [0.717, 1.165) is 11.1 Å². The molecular formula is C13H13N3O4S. The molecule has 0 saturated carbocycles. The van der Waals surface area contributed by atoms with Crippen LogP contribution >= 0.6 is 11.3 Å².